The first-order valence-corrected chi connectivity index (χ1v) is 3.65. The Bertz CT molecular complexity index is 158. The predicted molar refractivity (Wildman–Crippen MR) is 40.7 cm³/mol. The molecule has 54 valence electrons. The van der Waals surface area contributed by atoms with E-state index in [0.717, 1.165) is 6.04 Å². The van der Waals surface area contributed by atoms with Crippen LogP contribution < -0.4 is 10.6 Å². The summed E-state index contributed by atoms with van der Waals surface area (Å²) in [5.41, 5.74) is 0. The minimum Gasteiger partial charge on any atom is -0.353 e. The van der Waals surface area contributed by atoms with E-state index in [2.05, 4.69) is 15.6 Å². The maximum Gasteiger partial charge on any atom is 0.122 e. The van der Waals surface area contributed by atoms with Crippen LogP contribution in [0.4, 0.5) is 0 Å². The topological polar surface area (TPSA) is 36.4 Å². The Labute approximate surface area is 60.2 Å². The molecule has 0 saturated heterocycles. The highest BCUT2D eigenvalue weighted by Gasteiger charge is 2.23. The summed E-state index contributed by atoms with van der Waals surface area (Å²) in [6.07, 6.45) is 8.50. The molecule has 0 aromatic carbocycles. The van der Waals surface area contributed by atoms with Gasteiger partial charge in [0.15, 0.2) is 0 Å². The van der Waals surface area contributed by atoms with E-state index in [1.165, 1.54) is 12.8 Å². The van der Waals surface area contributed by atoms with Crippen LogP contribution in [0.15, 0.2) is 17.3 Å². The Hall–Kier alpha value is -0.830. The van der Waals surface area contributed by atoms with Crippen molar-refractivity contribution in [1.29, 1.82) is 0 Å². The van der Waals surface area contributed by atoms with Crippen LogP contribution in [0.3, 0.4) is 0 Å². The predicted octanol–water partition coefficient (Wildman–Crippen LogP) is 0.210. The molecule has 3 nitrogen and oxygen atoms in total. The van der Waals surface area contributed by atoms with E-state index in [1.807, 2.05) is 12.3 Å². The Morgan fingerprint density at radius 1 is 1.50 bits per heavy atom. The second-order valence-corrected chi connectivity index (χ2v) is 2.69. The van der Waals surface area contributed by atoms with Gasteiger partial charge in [0.05, 0.1) is 6.34 Å². The van der Waals surface area contributed by atoms with Crippen LogP contribution in [0.1, 0.15) is 12.8 Å². The van der Waals surface area contributed by atoms with E-state index >= 15 is 0 Å². The quantitative estimate of drug-likeness (QED) is 0.570. The lowest BCUT2D eigenvalue weighted by molar-refractivity contribution is 0.604. The molecule has 1 heterocycles. The zero-order valence-corrected chi connectivity index (χ0v) is 5.75. The first-order chi connectivity index (χ1) is 4.95. The fraction of sp³-hybridized carbons (Fsp3) is 0.571. The smallest absolute Gasteiger partial charge is 0.122 e. The van der Waals surface area contributed by atoms with Gasteiger partial charge in [0, 0.05) is 12.2 Å². The lowest BCUT2D eigenvalue weighted by Gasteiger charge is -2.11. The van der Waals surface area contributed by atoms with Gasteiger partial charge in [-0.1, -0.05) is 0 Å². The van der Waals surface area contributed by atoms with Crippen molar-refractivity contribution >= 4 is 6.34 Å². The third-order valence-corrected chi connectivity index (χ3v) is 1.67. The number of hydrogen-bond donors (Lipinski definition) is 2. The Morgan fingerprint density at radius 2 is 2.40 bits per heavy atom. The number of aliphatic imine (C=N–C) groups is 1. The zero-order chi connectivity index (χ0) is 6.81. The molecule has 0 bridgehead atoms. The van der Waals surface area contributed by atoms with Crippen LogP contribution in [0.25, 0.3) is 0 Å². The number of rotatable bonds is 2. The first kappa shape index (κ1) is 5.92. The zero-order valence-electron chi connectivity index (χ0n) is 5.75. The van der Waals surface area contributed by atoms with E-state index in [1.54, 1.807) is 6.34 Å². The maximum atomic E-state index is 4.18. The van der Waals surface area contributed by atoms with Gasteiger partial charge in [0.2, 0.25) is 0 Å². The van der Waals surface area contributed by atoms with Gasteiger partial charge >= 0.3 is 0 Å². The molecule has 1 aliphatic heterocycles. The van der Waals surface area contributed by atoms with Crippen molar-refractivity contribution in [2.45, 2.75) is 25.0 Å². The molecule has 0 aromatic rings. The summed E-state index contributed by atoms with van der Waals surface area (Å²) >= 11 is 0. The molecule has 0 aromatic heterocycles. The summed E-state index contributed by atoms with van der Waals surface area (Å²) in [5.74, 6) is 0. The van der Waals surface area contributed by atoms with Crippen LogP contribution in [-0.4, -0.2) is 18.5 Å². The van der Waals surface area contributed by atoms with Gasteiger partial charge in [-0.25, -0.2) is 0 Å². The molecule has 10 heavy (non-hydrogen) atoms. The molecule has 1 aliphatic carbocycles. The largest absolute Gasteiger partial charge is 0.353 e. The van der Waals surface area contributed by atoms with Crippen LogP contribution in [0.5, 0.6) is 0 Å². The normalized spacial score (nSPS) is 30.2. The number of nitrogens with zero attached hydrogens (tertiary/aromatic N) is 1. The highest BCUT2D eigenvalue weighted by Crippen LogP contribution is 2.19. The van der Waals surface area contributed by atoms with Crippen molar-refractivity contribution in [3.63, 3.8) is 0 Å². The van der Waals surface area contributed by atoms with Crippen LogP contribution in [0.2, 0.25) is 0 Å². The second kappa shape index (κ2) is 2.42. The fourth-order valence-corrected chi connectivity index (χ4v) is 0.953. The average Bonchev–Trinajstić information content (AvgIpc) is 2.74. The standard InChI is InChI=1S/C7H11N3/c1-2-6(1)10-7-3-4-8-5-9-7/h3-7,10H,1-2H2,(H,8,9). The Kier molecular flexibility index (Phi) is 1.43. The molecule has 2 rings (SSSR count). The minimum atomic E-state index is 0.216. The first-order valence-electron chi connectivity index (χ1n) is 3.65. The second-order valence-electron chi connectivity index (χ2n) is 2.69. The maximum absolute atomic E-state index is 4.18. The third-order valence-electron chi connectivity index (χ3n) is 1.67. The summed E-state index contributed by atoms with van der Waals surface area (Å²) in [7, 11) is 0. The Balaban J connectivity index is 1.84. The lowest BCUT2D eigenvalue weighted by atomic mass is 10.4. The van der Waals surface area contributed by atoms with E-state index < -0.39 is 0 Å². The SMILES string of the molecule is C1=CC(NC2CC2)N=CN1. The monoisotopic (exact) mass is 137 g/mol. The molecule has 0 amide bonds. The summed E-state index contributed by atoms with van der Waals surface area (Å²) in [5, 5.41) is 6.26. The van der Waals surface area contributed by atoms with Gasteiger partial charge < -0.3 is 5.32 Å². The summed E-state index contributed by atoms with van der Waals surface area (Å²) < 4.78 is 0. The lowest BCUT2D eigenvalue weighted by Crippen LogP contribution is -2.30. The molecule has 2 N–H and O–H groups in total. The van der Waals surface area contributed by atoms with Crippen molar-refractivity contribution in [3.8, 4) is 0 Å². The summed E-state index contributed by atoms with van der Waals surface area (Å²) in [6.45, 7) is 0. The summed E-state index contributed by atoms with van der Waals surface area (Å²) in [4.78, 5) is 4.18. The molecular weight excluding hydrogens is 126 g/mol. The Morgan fingerprint density at radius 3 is 3.00 bits per heavy atom. The average molecular weight is 137 g/mol. The van der Waals surface area contributed by atoms with Gasteiger partial charge in [0.1, 0.15) is 6.17 Å². The van der Waals surface area contributed by atoms with E-state index in [9.17, 15) is 0 Å². The van der Waals surface area contributed by atoms with Crippen LogP contribution >= 0.6 is 0 Å². The van der Waals surface area contributed by atoms with Gasteiger partial charge in [0.25, 0.3) is 0 Å². The van der Waals surface area contributed by atoms with Crippen molar-refractivity contribution in [2.75, 3.05) is 0 Å². The van der Waals surface area contributed by atoms with E-state index in [4.69, 9.17) is 0 Å². The van der Waals surface area contributed by atoms with Crippen molar-refractivity contribution in [1.82, 2.24) is 10.6 Å². The third kappa shape index (κ3) is 1.36. The molecule has 3 heteroatoms. The molecule has 1 unspecified atom stereocenters. The molecule has 1 saturated carbocycles. The molecule has 0 radical (unpaired) electrons. The van der Waals surface area contributed by atoms with E-state index in [-0.39, 0.29) is 6.17 Å². The van der Waals surface area contributed by atoms with E-state index in [0.29, 0.717) is 0 Å². The highest BCUT2D eigenvalue weighted by molar-refractivity contribution is 5.57. The highest BCUT2D eigenvalue weighted by atomic mass is 15.1. The van der Waals surface area contributed by atoms with Crippen molar-refractivity contribution in [2.24, 2.45) is 4.99 Å². The van der Waals surface area contributed by atoms with Crippen molar-refractivity contribution in [3.05, 3.63) is 12.3 Å². The number of nitrogens with one attached hydrogen (secondary N) is 2. The van der Waals surface area contributed by atoms with Gasteiger partial charge in [-0.3, -0.25) is 10.3 Å². The molecule has 0 spiro atoms. The summed E-state index contributed by atoms with van der Waals surface area (Å²) in [6, 6.07) is 0.727. The van der Waals surface area contributed by atoms with Gasteiger partial charge in [-0.15, -0.1) is 0 Å². The molecular formula is C7H11N3. The van der Waals surface area contributed by atoms with Gasteiger partial charge in [-0.05, 0) is 18.9 Å². The fourth-order valence-electron chi connectivity index (χ4n) is 0.953. The van der Waals surface area contributed by atoms with Crippen LogP contribution in [-0.2, 0) is 0 Å². The minimum absolute atomic E-state index is 0.216. The van der Waals surface area contributed by atoms with Crippen molar-refractivity contribution < 1.29 is 0 Å². The van der Waals surface area contributed by atoms with Crippen LogP contribution in [0, 0.1) is 0 Å². The van der Waals surface area contributed by atoms with Gasteiger partial charge in [-0.2, -0.15) is 0 Å². The number of hydrogen-bond acceptors (Lipinski definition) is 3. The molecule has 2 aliphatic rings. The molecule has 1 fully saturated rings. The molecule has 1 atom stereocenters.